The minimum absolute atomic E-state index is 0. The van der Waals surface area contributed by atoms with E-state index >= 15 is 0 Å². The predicted octanol–water partition coefficient (Wildman–Crippen LogP) is 8.01. The van der Waals surface area contributed by atoms with Crippen LogP contribution in [-0.2, 0) is 23.1 Å². The number of likely N-dealkylation sites (N-methyl/N-ethyl adjacent to an activating group) is 1. The Hall–Kier alpha value is -1.02. The zero-order valence-corrected chi connectivity index (χ0v) is 30.6. The minimum atomic E-state index is -4.30. The van der Waals surface area contributed by atoms with E-state index in [1.807, 2.05) is 21.1 Å². The first kappa shape index (κ1) is 38.4. The van der Waals surface area contributed by atoms with Crippen LogP contribution in [0.1, 0.15) is 99.3 Å². The largest absolute Gasteiger partial charge is 0.870 e. The van der Waals surface area contributed by atoms with Gasteiger partial charge in [0.1, 0.15) is 19.3 Å². The number of quaternary nitrogens is 1. The molecule has 0 radical (unpaired) electrons. The van der Waals surface area contributed by atoms with Crippen LogP contribution in [0, 0.1) is 52.3 Å². The van der Waals surface area contributed by atoms with Gasteiger partial charge < -0.3 is 19.6 Å². The van der Waals surface area contributed by atoms with E-state index in [1.54, 1.807) is 0 Å². The monoisotopic (exact) mass is 653 g/mol. The summed E-state index contributed by atoms with van der Waals surface area (Å²) < 4.78 is 28.5. The molecule has 4 rings (SSSR count). The number of phosphoric acid groups is 1. The topological polar surface area (TPSA) is 112 Å². The maximum atomic E-state index is 12.6. The first-order valence-electron chi connectivity index (χ1n) is 17.5. The Kier molecular flexibility index (Phi) is 12.8. The second-order valence-corrected chi connectivity index (χ2v) is 17.9. The molecule has 0 spiro atoms. The summed E-state index contributed by atoms with van der Waals surface area (Å²) in [6.07, 6.45) is 17.6. The summed E-state index contributed by atoms with van der Waals surface area (Å²) in [5, 5.41) is 0. The number of nitrogens with zero attached hydrogens (tertiary/aromatic N) is 1. The second-order valence-electron chi connectivity index (χ2n) is 16.5. The number of carbonyl (C=O) groups is 1. The first-order chi connectivity index (χ1) is 20.5. The third kappa shape index (κ3) is 8.91. The van der Waals surface area contributed by atoms with E-state index in [4.69, 9.17) is 13.8 Å². The van der Waals surface area contributed by atoms with Gasteiger partial charge in [0.05, 0.1) is 21.1 Å². The van der Waals surface area contributed by atoms with Gasteiger partial charge in [-0.2, -0.15) is 0 Å². The molecular weight excluding hydrogens is 589 g/mol. The zero-order chi connectivity index (χ0) is 32.5. The lowest BCUT2D eigenvalue weighted by Gasteiger charge is -2.58. The standard InChI is InChI=1S/C36H62NO6P.H2O/c1-10-27(25(2)3)12-11-26(4)31-15-16-32-30-14-13-28-23-29(17-19-35(28,5)33(30)18-20-36(31,32)6)43-34(38)24-42-44(39,40)41-22-21-37(7,8)9;/h11-13,25-27,29-33H,10,14-24H2,1-9H3;1H2/b12-11+;/t26-,27-,29?,30+,31-,32+,33+,35+,36-;/m1./s1. The Bertz CT molecular complexity index is 1120. The van der Waals surface area contributed by atoms with Crippen molar-refractivity contribution in [3.05, 3.63) is 23.8 Å². The van der Waals surface area contributed by atoms with Crippen molar-refractivity contribution < 1.29 is 38.0 Å². The molecule has 0 aromatic heterocycles. The molecule has 0 aromatic rings. The highest BCUT2D eigenvalue weighted by Crippen LogP contribution is 2.67. The van der Waals surface area contributed by atoms with Gasteiger partial charge in [-0.25, -0.2) is 9.36 Å². The average molecular weight is 654 g/mol. The van der Waals surface area contributed by atoms with Crippen LogP contribution in [0.2, 0.25) is 0 Å². The SMILES string of the molecule is CC[C@H](/C=C/[C@@H](C)[C@H]1CC[C@H]2[C@@H]3CC=C4CC(OC(=O)COP(=O)(O)OCC[N+](C)(C)C)CC[C@]4(C)[C@H]3CC[C@]12C)C(C)C.[OH-]. The molecule has 3 saturated carbocycles. The lowest BCUT2D eigenvalue weighted by Crippen LogP contribution is -2.51. The molecule has 0 bridgehead atoms. The summed E-state index contributed by atoms with van der Waals surface area (Å²) in [4.78, 5) is 22.5. The van der Waals surface area contributed by atoms with E-state index in [1.165, 1.54) is 37.7 Å². The zero-order valence-electron chi connectivity index (χ0n) is 29.7. The summed E-state index contributed by atoms with van der Waals surface area (Å²) in [5.74, 6) is 4.38. The molecule has 4 aliphatic carbocycles. The molecule has 2 unspecified atom stereocenters. The van der Waals surface area contributed by atoms with Gasteiger partial charge in [-0.1, -0.05) is 65.3 Å². The highest BCUT2D eigenvalue weighted by molar-refractivity contribution is 7.47. The van der Waals surface area contributed by atoms with E-state index in [-0.39, 0.29) is 23.6 Å². The van der Waals surface area contributed by atoms with E-state index in [9.17, 15) is 14.3 Å². The van der Waals surface area contributed by atoms with Gasteiger partial charge in [-0.15, -0.1) is 0 Å². The van der Waals surface area contributed by atoms with Crippen LogP contribution in [0.25, 0.3) is 0 Å². The number of carbonyl (C=O) groups excluding carboxylic acids is 1. The van der Waals surface area contributed by atoms with Gasteiger partial charge in [-0.05, 0) is 104 Å². The van der Waals surface area contributed by atoms with Crippen molar-refractivity contribution in [1.82, 2.24) is 0 Å². The van der Waals surface area contributed by atoms with Crippen molar-refractivity contribution >= 4 is 13.8 Å². The Labute approximate surface area is 273 Å². The van der Waals surface area contributed by atoms with Crippen molar-refractivity contribution in [2.24, 2.45) is 52.3 Å². The quantitative estimate of drug-likeness (QED) is 0.0927. The van der Waals surface area contributed by atoms with Crippen molar-refractivity contribution in [3.8, 4) is 0 Å². The Morgan fingerprint density at radius 2 is 1.78 bits per heavy atom. The molecule has 4 aliphatic rings. The van der Waals surface area contributed by atoms with Gasteiger partial charge in [0.2, 0.25) is 0 Å². The number of allylic oxidation sites excluding steroid dienone is 3. The number of rotatable bonds is 13. The third-order valence-corrected chi connectivity index (χ3v) is 13.4. The van der Waals surface area contributed by atoms with Crippen LogP contribution in [0.15, 0.2) is 23.8 Å². The number of phosphoric ester groups is 1. The normalized spacial score (nSPS) is 35.8. The molecule has 0 heterocycles. The minimum Gasteiger partial charge on any atom is -0.870 e. The van der Waals surface area contributed by atoms with Crippen LogP contribution < -0.4 is 0 Å². The average Bonchev–Trinajstić information content (AvgIpc) is 3.29. The van der Waals surface area contributed by atoms with Crippen molar-refractivity contribution in [1.29, 1.82) is 0 Å². The van der Waals surface area contributed by atoms with Crippen molar-refractivity contribution in [2.75, 3.05) is 40.9 Å². The molecule has 3 fully saturated rings. The van der Waals surface area contributed by atoms with Gasteiger partial charge in [0.15, 0.2) is 6.61 Å². The first-order valence-corrected chi connectivity index (χ1v) is 19.0. The fourth-order valence-electron chi connectivity index (χ4n) is 9.74. The molecule has 9 heteroatoms. The van der Waals surface area contributed by atoms with Crippen LogP contribution in [0.5, 0.6) is 0 Å². The predicted molar refractivity (Wildman–Crippen MR) is 179 cm³/mol. The van der Waals surface area contributed by atoms with Gasteiger partial charge in [0.25, 0.3) is 0 Å². The molecule has 0 saturated heterocycles. The molecule has 10 atom stereocenters. The number of fused-ring (bicyclic) bond motifs is 5. The maximum Gasteiger partial charge on any atom is 0.472 e. The molecule has 260 valence electrons. The fraction of sp³-hybridized carbons (Fsp3) is 0.861. The smallest absolute Gasteiger partial charge is 0.472 e. The molecular formula is C36H64NO7P. The molecule has 0 amide bonds. The van der Waals surface area contributed by atoms with Crippen LogP contribution in [0.3, 0.4) is 0 Å². The number of esters is 1. The number of ether oxygens (including phenoxy) is 1. The Balaban J connectivity index is 0.00000552. The lowest BCUT2D eigenvalue weighted by atomic mass is 9.47. The third-order valence-electron chi connectivity index (χ3n) is 12.4. The summed E-state index contributed by atoms with van der Waals surface area (Å²) in [7, 11) is 1.59. The summed E-state index contributed by atoms with van der Waals surface area (Å²) in [6.45, 7) is 14.6. The van der Waals surface area contributed by atoms with E-state index in [0.29, 0.717) is 40.1 Å². The Morgan fingerprint density at radius 1 is 1.07 bits per heavy atom. The maximum absolute atomic E-state index is 12.6. The highest BCUT2D eigenvalue weighted by atomic mass is 31.2. The summed E-state index contributed by atoms with van der Waals surface area (Å²) >= 11 is 0. The highest BCUT2D eigenvalue weighted by Gasteiger charge is 2.59. The number of hydrogen-bond acceptors (Lipinski definition) is 6. The van der Waals surface area contributed by atoms with E-state index in [0.717, 1.165) is 43.4 Å². The van der Waals surface area contributed by atoms with Gasteiger partial charge >= 0.3 is 13.8 Å². The van der Waals surface area contributed by atoms with Crippen LogP contribution in [0.4, 0.5) is 0 Å². The molecule has 2 N–H and O–H groups in total. The Morgan fingerprint density at radius 3 is 2.42 bits per heavy atom. The fourth-order valence-corrected chi connectivity index (χ4v) is 10.4. The molecule has 8 nitrogen and oxygen atoms in total. The van der Waals surface area contributed by atoms with Crippen molar-refractivity contribution in [2.45, 2.75) is 105 Å². The summed E-state index contributed by atoms with van der Waals surface area (Å²) in [5.41, 5.74) is 2.04. The number of hydrogen-bond donors (Lipinski definition) is 1. The lowest BCUT2D eigenvalue weighted by molar-refractivity contribution is -0.870. The molecule has 45 heavy (non-hydrogen) atoms. The molecule has 0 aliphatic heterocycles. The van der Waals surface area contributed by atoms with Gasteiger partial charge in [0, 0.05) is 6.42 Å². The summed E-state index contributed by atoms with van der Waals surface area (Å²) in [6, 6.07) is 0. The van der Waals surface area contributed by atoms with Gasteiger partial charge in [-0.3, -0.25) is 9.05 Å². The van der Waals surface area contributed by atoms with Crippen LogP contribution >= 0.6 is 7.82 Å². The molecule has 0 aromatic carbocycles. The van der Waals surface area contributed by atoms with Crippen LogP contribution in [-0.4, -0.2) is 67.8 Å². The van der Waals surface area contributed by atoms with E-state index in [2.05, 4.69) is 59.8 Å². The van der Waals surface area contributed by atoms with E-state index < -0.39 is 20.4 Å². The second kappa shape index (κ2) is 15.0. The van der Waals surface area contributed by atoms with Crippen molar-refractivity contribution in [3.63, 3.8) is 0 Å².